The number of carboxylic acids is 1. The van der Waals surface area contributed by atoms with Crippen molar-refractivity contribution in [1.82, 2.24) is 0 Å². The lowest BCUT2D eigenvalue weighted by Crippen LogP contribution is -2.34. The molecule has 332 valence electrons. The molecule has 0 aliphatic carbocycles. The van der Waals surface area contributed by atoms with Gasteiger partial charge < -0.3 is 25.2 Å². The molecule has 0 aromatic carbocycles. The van der Waals surface area contributed by atoms with Crippen molar-refractivity contribution in [2.24, 2.45) is 5.73 Å². The molecule has 0 aromatic heterocycles. The fourth-order valence-corrected chi connectivity index (χ4v) is 6.92. The van der Waals surface area contributed by atoms with E-state index >= 15 is 0 Å². The van der Waals surface area contributed by atoms with Crippen LogP contribution in [0.25, 0.3) is 0 Å². The summed E-state index contributed by atoms with van der Waals surface area (Å²) >= 11 is 0. The summed E-state index contributed by atoms with van der Waals surface area (Å²) in [5.41, 5.74) is 5.34. The molecule has 0 bridgehead atoms. The van der Waals surface area contributed by atoms with E-state index in [0.29, 0.717) is 12.8 Å². The minimum absolute atomic E-state index is 0.151. The summed E-state index contributed by atoms with van der Waals surface area (Å²) in [7, 11) is -4.72. The Hall–Kier alpha value is -2.30. The summed E-state index contributed by atoms with van der Waals surface area (Å²) in [5.74, 6) is -2.38. The third kappa shape index (κ3) is 40.3. The Morgan fingerprint density at radius 1 is 0.561 bits per heavy atom. The summed E-state index contributed by atoms with van der Waals surface area (Å²) in [6, 6.07) is -1.52. The van der Waals surface area contributed by atoms with Crippen molar-refractivity contribution in [3.8, 4) is 0 Å². The van der Waals surface area contributed by atoms with Gasteiger partial charge in [0.1, 0.15) is 12.6 Å². The molecule has 0 aliphatic heterocycles. The van der Waals surface area contributed by atoms with E-state index in [9.17, 15) is 23.8 Å². The highest BCUT2D eigenvalue weighted by atomic mass is 31.2. The zero-order valence-electron chi connectivity index (χ0n) is 35.9. The van der Waals surface area contributed by atoms with Gasteiger partial charge >= 0.3 is 25.7 Å². The van der Waals surface area contributed by atoms with Crippen molar-refractivity contribution in [1.29, 1.82) is 0 Å². The molecule has 0 aromatic rings. The number of carbonyl (C=O) groups excluding carboxylic acids is 2. The van der Waals surface area contributed by atoms with Gasteiger partial charge in [-0.1, -0.05) is 179 Å². The molecule has 57 heavy (non-hydrogen) atoms. The number of hydrogen-bond donors (Lipinski definition) is 3. The Labute approximate surface area is 346 Å². The van der Waals surface area contributed by atoms with Crippen LogP contribution in [0, 0.1) is 0 Å². The third-order valence-electron chi connectivity index (χ3n) is 9.65. The van der Waals surface area contributed by atoms with Gasteiger partial charge in [0.15, 0.2) is 6.10 Å². The highest BCUT2D eigenvalue weighted by Gasteiger charge is 2.28. The Morgan fingerprint density at radius 3 is 1.47 bits per heavy atom. The lowest BCUT2D eigenvalue weighted by molar-refractivity contribution is -0.161. The van der Waals surface area contributed by atoms with E-state index in [2.05, 4.69) is 54.8 Å². The van der Waals surface area contributed by atoms with Gasteiger partial charge in [-0.2, -0.15) is 0 Å². The number of carboxylic acid groups (broad SMARTS) is 1. The average molecular weight is 828 g/mol. The van der Waals surface area contributed by atoms with Crippen LogP contribution < -0.4 is 5.73 Å². The first-order valence-electron chi connectivity index (χ1n) is 22.5. The Morgan fingerprint density at radius 2 is 0.982 bits per heavy atom. The summed E-state index contributed by atoms with van der Waals surface area (Å²) in [6.45, 7) is 2.70. The average Bonchev–Trinajstić information content (AvgIpc) is 3.19. The van der Waals surface area contributed by atoms with E-state index in [4.69, 9.17) is 24.8 Å². The minimum atomic E-state index is -4.72. The van der Waals surface area contributed by atoms with Crippen LogP contribution in [0.4, 0.5) is 0 Å². The quantitative estimate of drug-likeness (QED) is 0.0231. The summed E-state index contributed by atoms with van der Waals surface area (Å²) in [5, 5.41) is 8.89. The highest BCUT2D eigenvalue weighted by molar-refractivity contribution is 7.47. The topological polar surface area (TPSA) is 172 Å². The molecule has 3 unspecified atom stereocenters. The molecule has 0 heterocycles. The Balaban J connectivity index is 4.34. The molecule has 12 heteroatoms. The van der Waals surface area contributed by atoms with E-state index in [0.717, 1.165) is 77.0 Å². The number of phosphoric ester groups is 1. The van der Waals surface area contributed by atoms with E-state index in [1.807, 2.05) is 0 Å². The maximum absolute atomic E-state index is 12.6. The number of phosphoric acid groups is 1. The summed E-state index contributed by atoms with van der Waals surface area (Å²) < 4.78 is 32.7. The van der Waals surface area contributed by atoms with E-state index in [1.165, 1.54) is 83.5 Å². The van der Waals surface area contributed by atoms with Crippen molar-refractivity contribution in [3.05, 3.63) is 36.5 Å². The molecule has 0 saturated heterocycles. The molecule has 11 nitrogen and oxygen atoms in total. The molecule has 0 aliphatic rings. The van der Waals surface area contributed by atoms with Gasteiger partial charge in [-0.3, -0.25) is 23.4 Å². The predicted molar refractivity (Wildman–Crippen MR) is 231 cm³/mol. The second kappa shape index (κ2) is 40.5. The molecular weight excluding hydrogens is 745 g/mol. The predicted octanol–water partition coefficient (Wildman–Crippen LogP) is 12.0. The van der Waals surface area contributed by atoms with Gasteiger partial charge in [0.2, 0.25) is 0 Å². The maximum atomic E-state index is 12.6. The second-order valence-corrected chi connectivity index (χ2v) is 16.6. The minimum Gasteiger partial charge on any atom is -0.480 e. The maximum Gasteiger partial charge on any atom is 0.472 e. The SMILES string of the molecule is CC/C=C\C/C=C\C/C=C\CCCCCCCCCC(=O)OC(COC(=O)CCCCCCCCCCCCCCCCCC)COP(=O)(O)OCC(N)C(=O)O. The number of aliphatic carboxylic acids is 1. The van der Waals surface area contributed by atoms with Gasteiger partial charge in [0.25, 0.3) is 0 Å². The first kappa shape index (κ1) is 54.7. The number of carbonyl (C=O) groups is 3. The number of esters is 2. The van der Waals surface area contributed by atoms with Crippen molar-refractivity contribution >= 4 is 25.7 Å². The smallest absolute Gasteiger partial charge is 0.472 e. The van der Waals surface area contributed by atoms with Crippen LogP contribution in [-0.2, 0) is 37.5 Å². The normalized spacial score (nSPS) is 14.0. The van der Waals surface area contributed by atoms with Crippen LogP contribution in [0.1, 0.15) is 200 Å². The fourth-order valence-electron chi connectivity index (χ4n) is 6.14. The van der Waals surface area contributed by atoms with Crippen LogP contribution in [-0.4, -0.2) is 59.9 Å². The molecular formula is C45H82NO10P. The van der Waals surface area contributed by atoms with Crippen LogP contribution in [0.3, 0.4) is 0 Å². The number of nitrogens with two attached hydrogens (primary N) is 1. The van der Waals surface area contributed by atoms with Gasteiger partial charge in [-0.15, -0.1) is 0 Å². The van der Waals surface area contributed by atoms with Gasteiger partial charge in [0.05, 0.1) is 13.2 Å². The van der Waals surface area contributed by atoms with Crippen LogP contribution in [0.5, 0.6) is 0 Å². The van der Waals surface area contributed by atoms with E-state index < -0.39 is 51.1 Å². The number of unbranched alkanes of at least 4 members (excludes halogenated alkanes) is 22. The van der Waals surface area contributed by atoms with Crippen LogP contribution in [0.2, 0.25) is 0 Å². The molecule has 0 amide bonds. The monoisotopic (exact) mass is 828 g/mol. The van der Waals surface area contributed by atoms with Crippen molar-refractivity contribution in [2.75, 3.05) is 19.8 Å². The summed E-state index contributed by atoms with van der Waals surface area (Å²) in [4.78, 5) is 46.0. The first-order valence-corrected chi connectivity index (χ1v) is 24.0. The van der Waals surface area contributed by atoms with Crippen molar-refractivity contribution in [3.63, 3.8) is 0 Å². The number of ether oxygens (including phenoxy) is 2. The van der Waals surface area contributed by atoms with Crippen LogP contribution >= 0.6 is 7.82 Å². The number of rotatable bonds is 42. The molecule has 4 N–H and O–H groups in total. The third-order valence-corrected chi connectivity index (χ3v) is 10.6. The summed E-state index contributed by atoms with van der Waals surface area (Å²) in [6.07, 6.45) is 43.4. The highest BCUT2D eigenvalue weighted by Crippen LogP contribution is 2.43. The zero-order chi connectivity index (χ0) is 42.1. The molecule has 3 atom stereocenters. The molecule has 0 radical (unpaired) electrons. The number of hydrogen-bond acceptors (Lipinski definition) is 9. The zero-order valence-corrected chi connectivity index (χ0v) is 36.8. The molecule has 0 rings (SSSR count). The van der Waals surface area contributed by atoms with Gasteiger partial charge in [-0.25, -0.2) is 4.57 Å². The lowest BCUT2D eigenvalue weighted by atomic mass is 10.0. The van der Waals surface area contributed by atoms with Gasteiger partial charge in [-0.05, 0) is 44.9 Å². The first-order chi connectivity index (χ1) is 27.6. The second-order valence-electron chi connectivity index (χ2n) is 15.2. The van der Waals surface area contributed by atoms with Crippen LogP contribution in [0.15, 0.2) is 36.5 Å². The van der Waals surface area contributed by atoms with Crippen molar-refractivity contribution < 1.29 is 47.5 Å². The van der Waals surface area contributed by atoms with E-state index in [1.54, 1.807) is 0 Å². The Bertz CT molecular complexity index is 1110. The van der Waals surface area contributed by atoms with Crippen molar-refractivity contribution in [2.45, 2.75) is 212 Å². The van der Waals surface area contributed by atoms with E-state index in [-0.39, 0.29) is 19.4 Å². The largest absolute Gasteiger partial charge is 0.480 e. The molecule has 0 fully saturated rings. The lowest BCUT2D eigenvalue weighted by Gasteiger charge is -2.20. The Kier molecular flexibility index (Phi) is 38.8. The molecule has 0 spiro atoms. The molecule has 0 saturated carbocycles. The standard InChI is InChI=1S/C45H82NO10P/c1-3-5-7-9-11-13-15-17-19-21-23-25-27-29-31-33-35-37-44(48)56-41(39-54-57(51,52)55-40-42(46)45(49)50)38-53-43(47)36-34-32-30-28-26-24-22-20-18-16-14-12-10-8-6-4-2/h5,7,11,13,17,19,41-42H,3-4,6,8-10,12,14-16,18,20-40,46H2,1-2H3,(H,49,50)(H,51,52)/b7-5-,13-11-,19-17-. The fraction of sp³-hybridized carbons (Fsp3) is 0.800. The van der Waals surface area contributed by atoms with Gasteiger partial charge in [0, 0.05) is 12.8 Å². The number of allylic oxidation sites excluding steroid dienone is 6.